The third kappa shape index (κ3) is 4.41. The number of rotatable bonds is 4. The van der Waals surface area contributed by atoms with E-state index in [9.17, 15) is 9.90 Å². The molecule has 6 nitrogen and oxygen atoms in total. The van der Waals surface area contributed by atoms with Crippen LogP contribution in [0.5, 0.6) is 5.75 Å². The van der Waals surface area contributed by atoms with Crippen molar-refractivity contribution in [2.24, 2.45) is 0 Å². The highest BCUT2D eigenvalue weighted by molar-refractivity contribution is 14.1. The van der Waals surface area contributed by atoms with Crippen LogP contribution in [0.4, 0.5) is 0 Å². The number of hydrogen-bond donors (Lipinski definition) is 1. The van der Waals surface area contributed by atoms with Crippen LogP contribution in [0.2, 0.25) is 0 Å². The lowest BCUT2D eigenvalue weighted by atomic mass is 9.96. The van der Waals surface area contributed by atoms with E-state index in [-0.39, 0.29) is 11.7 Å². The van der Waals surface area contributed by atoms with E-state index in [2.05, 4.69) is 33.1 Å². The van der Waals surface area contributed by atoms with Gasteiger partial charge in [-0.1, -0.05) is 35.5 Å². The predicted molar refractivity (Wildman–Crippen MR) is 136 cm³/mol. The molecule has 3 heterocycles. The van der Waals surface area contributed by atoms with Gasteiger partial charge in [-0.05, 0) is 60.6 Å². The molecule has 0 radical (unpaired) electrons. The van der Waals surface area contributed by atoms with E-state index in [1.54, 1.807) is 29.5 Å². The van der Waals surface area contributed by atoms with Gasteiger partial charge < -0.3 is 14.5 Å². The summed E-state index contributed by atoms with van der Waals surface area (Å²) in [6.45, 7) is 3.26. The third-order valence-corrected chi connectivity index (χ3v) is 7.95. The number of aromatic nitrogens is 2. The number of benzene rings is 2. The molecule has 5 rings (SSSR count). The van der Waals surface area contributed by atoms with Crippen LogP contribution in [-0.2, 0) is 0 Å². The van der Waals surface area contributed by atoms with Crippen molar-refractivity contribution in [3.63, 3.8) is 0 Å². The molecule has 0 unspecified atom stereocenters. The molecule has 33 heavy (non-hydrogen) atoms. The Kier molecular flexibility index (Phi) is 6.20. The molecule has 168 valence electrons. The number of thiazole rings is 1. The quantitative estimate of drug-likeness (QED) is 0.300. The molecule has 0 saturated carbocycles. The molecule has 2 aromatic carbocycles. The number of halogens is 1. The Labute approximate surface area is 209 Å². The molecular formula is C25H22IN3O3S. The molecule has 1 fully saturated rings. The number of likely N-dealkylation sites (tertiary alicyclic amines) is 1. The van der Waals surface area contributed by atoms with E-state index in [0.717, 1.165) is 49.7 Å². The summed E-state index contributed by atoms with van der Waals surface area (Å²) in [5.41, 5.74) is 4.20. The molecule has 0 spiro atoms. The highest BCUT2D eigenvalue weighted by atomic mass is 127. The second-order valence-electron chi connectivity index (χ2n) is 8.13. The summed E-state index contributed by atoms with van der Waals surface area (Å²) in [6, 6.07) is 14.9. The molecule has 1 amide bonds. The normalized spacial score (nSPS) is 14.5. The van der Waals surface area contributed by atoms with Crippen molar-refractivity contribution in [3.05, 3.63) is 73.8 Å². The minimum Gasteiger partial charge on any atom is -0.508 e. The van der Waals surface area contributed by atoms with Gasteiger partial charge in [-0.3, -0.25) is 4.79 Å². The maximum Gasteiger partial charge on any atom is 0.255 e. The van der Waals surface area contributed by atoms with Crippen LogP contribution in [0.3, 0.4) is 0 Å². The molecule has 1 saturated heterocycles. The lowest BCUT2D eigenvalue weighted by Crippen LogP contribution is -2.38. The number of phenols is 1. The number of amides is 1. The first-order chi connectivity index (χ1) is 16.0. The standard InChI is InChI=1S/C25H22IN3O3S/c1-15-22(23(28-32-15)16-5-3-2-4-6-16)21-14-33-24(27-21)17-9-11-29(12-10-17)25(31)19-13-18(30)7-8-20(19)26/h2-8,13-14,17,30H,9-12H2,1H3. The molecule has 8 heteroatoms. The number of piperidine rings is 1. The maximum atomic E-state index is 13.0. The number of hydrogen-bond acceptors (Lipinski definition) is 6. The summed E-state index contributed by atoms with van der Waals surface area (Å²) in [6.07, 6.45) is 1.73. The zero-order chi connectivity index (χ0) is 22.9. The van der Waals surface area contributed by atoms with Crippen molar-refractivity contribution in [1.82, 2.24) is 15.0 Å². The third-order valence-electron chi connectivity index (χ3n) is 6.00. The van der Waals surface area contributed by atoms with Crippen molar-refractivity contribution >= 4 is 39.8 Å². The fourth-order valence-electron chi connectivity index (χ4n) is 4.23. The summed E-state index contributed by atoms with van der Waals surface area (Å²) < 4.78 is 6.36. The maximum absolute atomic E-state index is 13.0. The van der Waals surface area contributed by atoms with Crippen LogP contribution in [0.25, 0.3) is 22.5 Å². The molecular weight excluding hydrogens is 549 g/mol. The Morgan fingerprint density at radius 2 is 1.94 bits per heavy atom. The fourth-order valence-corrected chi connectivity index (χ4v) is 5.78. The number of aryl methyl sites for hydroxylation is 1. The summed E-state index contributed by atoms with van der Waals surface area (Å²) in [7, 11) is 0. The molecule has 0 bridgehead atoms. The van der Waals surface area contributed by atoms with Gasteiger partial charge in [0.05, 0.1) is 21.8 Å². The van der Waals surface area contributed by atoms with Gasteiger partial charge in [0.2, 0.25) is 0 Å². The van der Waals surface area contributed by atoms with Gasteiger partial charge >= 0.3 is 0 Å². The molecule has 0 aliphatic carbocycles. The molecule has 4 aromatic rings. The van der Waals surface area contributed by atoms with Crippen LogP contribution < -0.4 is 0 Å². The minimum absolute atomic E-state index is 0.0267. The average Bonchev–Trinajstić information content (AvgIpc) is 3.47. The SMILES string of the molecule is Cc1onc(-c2ccccc2)c1-c1csc(C2CCN(C(=O)c3cc(O)ccc3I)CC2)n1. The first-order valence-corrected chi connectivity index (χ1v) is 12.7. The number of aromatic hydroxyl groups is 1. The zero-order valence-electron chi connectivity index (χ0n) is 18.0. The van der Waals surface area contributed by atoms with Crippen molar-refractivity contribution in [2.45, 2.75) is 25.7 Å². The van der Waals surface area contributed by atoms with Crippen LogP contribution in [0.15, 0.2) is 58.4 Å². The van der Waals surface area contributed by atoms with Gasteiger partial charge in [-0.15, -0.1) is 11.3 Å². The molecule has 2 aromatic heterocycles. The van der Waals surface area contributed by atoms with E-state index in [0.29, 0.717) is 24.6 Å². The number of carbonyl (C=O) groups is 1. The lowest BCUT2D eigenvalue weighted by molar-refractivity contribution is 0.0711. The Morgan fingerprint density at radius 3 is 2.70 bits per heavy atom. The summed E-state index contributed by atoms with van der Waals surface area (Å²) in [5, 5.41) is 17.2. The Morgan fingerprint density at radius 1 is 1.18 bits per heavy atom. The summed E-state index contributed by atoms with van der Waals surface area (Å²) in [4.78, 5) is 19.8. The first kappa shape index (κ1) is 22.1. The number of nitrogens with zero attached hydrogens (tertiary/aromatic N) is 3. The van der Waals surface area contributed by atoms with Crippen LogP contribution in [-0.4, -0.2) is 39.1 Å². The Hall–Kier alpha value is -2.72. The van der Waals surface area contributed by atoms with Gasteiger partial charge in [0.15, 0.2) is 0 Å². The molecule has 1 aliphatic rings. The van der Waals surface area contributed by atoms with E-state index in [4.69, 9.17) is 9.51 Å². The van der Waals surface area contributed by atoms with Gasteiger partial charge in [-0.2, -0.15) is 0 Å². The highest BCUT2D eigenvalue weighted by Gasteiger charge is 2.28. The minimum atomic E-state index is -0.0267. The number of phenolic OH excluding ortho intramolecular Hbond substituents is 1. The highest BCUT2D eigenvalue weighted by Crippen LogP contribution is 2.38. The van der Waals surface area contributed by atoms with Crippen molar-refractivity contribution < 1.29 is 14.4 Å². The average molecular weight is 571 g/mol. The van der Waals surface area contributed by atoms with E-state index < -0.39 is 0 Å². The van der Waals surface area contributed by atoms with E-state index >= 15 is 0 Å². The van der Waals surface area contributed by atoms with Gasteiger partial charge in [-0.25, -0.2) is 4.98 Å². The second kappa shape index (κ2) is 9.26. The van der Waals surface area contributed by atoms with E-state index in [1.807, 2.05) is 42.2 Å². The number of carbonyl (C=O) groups excluding carboxylic acids is 1. The lowest BCUT2D eigenvalue weighted by Gasteiger charge is -2.31. The molecule has 1 N–H and O–H groups in total. The fraction of sp³-hybridized carbons (Fsp3) is 0.240. The second-order valence-corrected chi connectivity index (χ2v) is 10.2. The molecule has 1 aliphatic heterocycles. The smallest absolute Gasteiger partial charge is 0.255 e. The first-order valence-electron chi connectivity index (χ1n) is 10.8. The van der Waals surface area contributed by atoms with Crippen LogP contribution >= 0.6 is 33.9 Å². The van der Waals surface area contributed by atoms with Crippen molar-refractivity contribution in [2.75, 3.05) is 13.1 Å². The molecule has 0 atom stereocenters. The van der Waals surface area contributed by atoms with Gasteiger partial charge in [0.25, 0.3) is 5.91 Å². The van der Waals surface area contributed by atoms with Gasteiger partial charge in [0, 0.05) is 33.5 Å². The van der Waals surface area contributed by atoms with Crippen LogP contribution in [0.1, 0.15) is 39.9 Å². The van der Waals surface area contributed by atoms with E-state index in [1.165, 1.54) is 0 Å². The summed E-state index contributed by atoms with van der Waals surface area (Å²) in [5.74, 6) is 1.16. The van der Waals surface area contributed by atoms with Crippen molar-refractivity contribution in [3.8, 4) is 28.3 Å². The Balaban J connectivity index is 1.31. The predicted octanol–water partition coefficient (Wildman–Crippen LogP) is 6.10. The largest absolute Gasteiger partial charge is 0.508 e. The zero-order valence-corrected chi connectivity index (χ0v) is 21.0. The van der Waals surface area contributed by atoms with Gasteiger partial charge in [0.1, 0.15) is 17.2 Å². The summed E-state index contributed by atoms with van der Waals surface area (Å²) >= 11 is 3.80. The topological polar surface area (TPSA) is 79.5 Å². The van der Waals surface area contributed by atoms with Crippen LogP contribution in [0, 0.1) is 10.5 Å². The monoisotopic (exact) mass is 571 g/mol. The van der Waals surface area contributed by atoms with Crippen molar-refractivity contribution in [1.29, 1.82) is 0 Å². The Bertz CT molecular complexity index is 1290.